The summed E-state index contributed by atoms with van der Waals surface area (Å²) in [7, 11) is 1.92. The fraction of sp³-hybridized carbons (Fsp3) is 0.500. The van der Waals surface area contributed by atoms with E-state index < -0.39 is 18.8 Å². The molecule has 0 aliphatic carbocycles. The molecule has 0 unspecified atom stereocenters. The summed E-state index contributed by atoms with van der Waals surface area (Å²) in [5.74, 6) is -0.274. The Labute approximate surface area is 184 Å². The van der Waals surface area contributed by atoms with Gasteiger partial charge in [-0.2, -0.15) is 0 Å². The summed E-state index contributed by atoms with van der Waals surface area (Å²) in [4.78, 5) is 6.35. The highest BCUT2D eigenvalue weighted by molar-refractivity contribution is 5.27. The number of likely N-dealkylation sites (N-methyl/N-ethyl adjacent to an activating group) is 1. The largest absolute Gasteiger partial charge is 0.573 e. The first-order valence-corrected chi connectivity index (χ1v) is 10.4. The number of nitrogens with zero attached hydrogens (tertiary/aromatic N) is 2. The first-order valence-electron chi connectivity index (χ1n) is 10.4. The van der Waals surface area contributed by atoms with E-state index in [4.69, 9.17) is 9.47 Å². The van der Waals surface area contributed by atoms with Crippen LogP contribution in [0.25, 0.3) is 0 Å². The lowest BCUT2D eigenvalue weighted by molar-refractivity contribution is -0.274. The van der Waals surface area contributed by atoms with Crippen molar-refractivity contribution in [3.05, 3.63) is 59.9 Å². The van der Waals surface area contributed by atoms with Crippen LogP contribution in [0, 0.1) is 0 Å². The minimum absolute atomic E-state index is 0.274. The molecule has 2 N–H and O–H groups in total. The van der Waals surface area contributed by atoms with Gasteiger partial charge in [-0.15, -0.1) is 13.2 Å². The van der Waals surface area contributed by atoms with Crippen LogP contribution in [-0.4, -0.2) is 72.1 Å². The number of aliphatic hydroxyl groups excluding tert-OH is 1. The Morgan fingerprint density at radius 2 is 2.00 bits per heavy atom. The van der Waals surface area contributed by atoms with Gasteiger partial charge in [0.05, 0.1) is 24.8 Å². The van der Waals surface area contributed by atoms with E-state index in [1.807, 2.05) is 30.1 Å². The average Bonchev–Trinajstić information content (AvgIpc) is 3.18. The fourth-order valence-corrected chi connectivity index (χ4v) is 4.15. The highest BCUT2D eigenvalue weighted by Crippen LogP contribution is 2.31. The van der Waals surface area contributed by atoms with Crippen molar-refractivity contribution in [1.82, 2.24) is 15.2 Å². The lowest BCUT2D eigenvalue weighted by Crippen LogP contribution is -2.63. The molecule has 7 nitrogen and oxygen atoms in total. The molecule has 0 saturated carbocycles. The van der Waals surface area contributed by atoms with Crippen LogP contribution in [0.4, 0.5) is 13.2 Å². The zero-order valence-electron chi connectivity index (χ0n) is 17.5. The SMILES string of the molecule is CN(CCc1ccccn1)[C@@H]1[C@@H]2OC[C@H](O2)[C@@H](NCc2ccc(OC(F)(F)F)cc2)[C@@H]1O. The maximum Gasteiger partial charge on any atom is 0.573 e. The summed E-state index contributed by atoms with van der Waals surface area (Å²) in [5, 5.41) is 14.4. The Hall–Kier alpha value is -2.24. The number of aliphatic hydroxyl groups is 1. The van der Waals surface area contributed by atoms with Crippen molar-refractivity contribution in [2.75, 3.05) is 20.2 Å². The van der Waals surface area contributed by atoms with Gasteiger partial charge in [0.2, 0.25) is 0 Å². The third-order valence-corrected chi connectivity index (χ3v) is 5.79. The number of hydrogen-bond donors (Lipinski definition) is 2. The second kappa shape index (κ2) is 9.72. The first-order chi connectivity index (χ1) is 15.3. The Balaban J connectivity index is 1.35. The highest BCUT2D eigenvalue weighted by atomic mass is 19.4. The van der Waals surface area contributed by atoms with Crippen LogP contribution in [0.5, 0.6) is 5.75 Å². The molecule has 2 aromatic rings. The molecule has 3 heterocycles. The molecular formula is C22H26F3N3O4. The van der Waals surface area contributed by atoms with Crippen LogP contribution in [0.3, 0.4) is 0 Å². The van der Waals surface area contributed by atoms with Crippen molar-refractivity contribution in [1.29, 1.82) is 0 Å². The highest BCUT2D eigenvalue weighted by Gasteiger charge is 2.51. The van der Waals surface area contributed by atoms with Gasteiger partial charge in [0, 0.05) is 31.4 Å². The van der Waals surface area contributed by atoms with E-state index in [0.29, 0.717) is 19.7 Å². The number of rotatable bonds is 8. The van der Waals surface area contributed by atoms with Gasteiger partial charge in [0.1, 0.15) is 11.9 Å². The molecule has 1 aromatic carbocycles. The molecule has 2 aliphatic heterocycles. The maximum atomic E-state index is 12.3. The lowest BCUT2D eigenvalue weighted by Gasteiger charge is -2.42. The molecule has 2 aliphatic rings. The van der Waals surface area contributed by atoms with E-state index in [0.717, 1.165) is 17.7 Å². The molecule has 0 radical (unpaired) electrons. The predicted molar refractivity (Wildman–Crippen MR) is 109 cm³/mol. The van der Waals surface area contributed by atoms with E-state index in [9.17, 15) is 18.3 Å². The standard InChI is InChI=1S/C22H26F3N3O4/c1-28(11-9-15-4-2-3-10-26-15)19-20(29)18(17-13-30-21(19)31-17)27-12-14-5-7-16(8-6-14)32-22(23,24)25/h2-8,10,17-21,27,29H,9,11-13H2,1H3/t17-,18+,19-,20-,21+/m0/s1. The van der Waals surface area contributed by atoms with Crippen LogP contribution >= 0.6 is 0 Å². The van der Waals surface area contributed by atoms with Crippen LogP contribution < -0.4 is 10.1 Å². The summed E-state index contributed by atoms with van der Waals surface area (Å²) < 4.78 is 52.6. The van der Waals surface area contributed by atoms with E-state index in [1.165, 1.54) is 12.1 Å². The van der Waals surface area contributed by atoms with Gasteiger partial charge in [0.15, 0.2) is 6.29 Å². The fourth-order valence-electron chi connectivity index (χ4n) is 4.15. The zero-order chi connectivity index (χ0) is 22.7. The maximum absolute atomic E-state index is 12.3. The molecule has 32 heavy (non-hydrogen) atoms. The van der Waals surface area contributed by atoms with E-state index in [1.54, 1.807) is 18.3 Å². The van der Waals surface area contributed by atoms with Crippen LogP contribution in [0.15, 0.2) is 48.7 Å². The van der Waals surface area contributed by atoms with Gasteiger partial charge in [-0.1, -0.05) is 18.2 Å². The molecule has 2 fully saturated rings. The van der Waals surface area contributed by atoms with Crippen LogP contribution in [0.1, 0.15) is 11.3 Å². The predicted octanol–water partition coefficient (Wildman–Crippen LogP) is 2.10. The van der Waals surface area contributed by atoms with Gasteiger partial charge in [0.25, 0.3) is 0 Å². The molecule has 2 bridgehead atoms. The number of pyridine rings is 1. The van der Waals surface area contributed by atoms with Crippen molar-refractivity contribution in [3.63, 3.8) is 0 Å². The minimum atomic E-state index is -4.72. The Morgan fingerprint density at radius 1 is 1.22 bits per heavy atom. The number of hydrogen-bond acceptors (Lipinski definition) is 7. The van der Waals surface area contributed by atoms with Gasteiger partial charge in [-0.25, -0.2) is 0 Å². The van der Waals surface area contributed by atoms with Gasteiger partial charge in [-0.05, 0) is 36.9 Å². The van der Waals surface area contributed by atoms with E-state index in [-0.39, 0.29) is 23.9 Å². The van der Waals surface area contributed by atoms with Crippen molar-refractivity contribution in [2.45, 2.75) is 49.9 Å². The summed E-state index contributed by atoms with van der Waals surface area (Å²) in [5.41, 5.74) is 1.72. The average molecular weight is 453 g/mol. The van der Waals surface area contributed by atoms with Crippen molar-refractivity contribution < 1.29 is 32.5 Å². The normalized spacial score (nSPS) is 27.6. The number of nitrogens with one attached hydrogen (secondary N) is 1. The number of alkyl halides is 3. The van der Waals surface area contributed by atoms with Crippen molar-refractivity contribution in [3.8, 4) is 5.75 Å². The van der Waals surface area contributed by atoms with Gasteiger partial charge >= 0.3 is 6.36 Å². The first kappa shape index (κ1) is 22.9. The molecule has 4 rings (SSSR count). The summed E-state index contributed by atoms with van der Waals surface area (Å²) in [6.45, 7) is 1.38. The Morgan fingerprint density at radius 3 is 2.69 bits per heavy atom. The minimum Gasteiger partial charge on any atom is -0.406 e. The second-order valence-electron chi connectivity index (χ2n) is 8.01. The third kappa shape index (κ3) is 5.57. The number of benzene rings is 1. The monoisotopic (exact) mass is 453 g/mol. The molecule has 174 valence electrons. The molecule has 5 atom stereocenters. The lowest BCUT2D eigenvalue weighted by atomic mass is 9.94. The number of fused-ring (bicyclic) bond motifs is 2. The topological polar surface area (TPSA) is 76.1 Å². The third-order valence-electron chi connectivity index (χ3n) is 5.79. The van der Waals surface area contributed by atoms with E-state index in [2.05, 4.69) is 15.0 Å². The smallest absolute Gasteiger partial charge is 0.406 e. The summed E-state index contributed by atoms with van der Waals surface area (Å²) in [6, 6.07) is 10.6. The molecule has 10 heteroatoms. The van der Waals surface area contributed by atoms with Crippen LogP contribution in [-0.2, 0) is 22.4 Å². The quantitative estimate of drug-likeness (QED) is 0.634. The molecular weight excluding hydrogens is 427 g/mol. The molecule has 0 amide bonds. The van der Waals surface area contributed by atoms with Crippen molar-refractivity contribution in [2.24, 2.45) is 0 Å². The second-order valence-corrected chi connectivity index (χ2v) is 8.01. The Kier molecular flexibility index (Phi) is 6.96. The Bertz CT molecular complexity index is 869. The molecule has 1 aromatic heterocycles. The molecule has 0 spiro atoms. The number of halogens is 3. The summed E-state index contributed by atoms with van der Waals surface area (Å²) >= 11 is 0. The zero-order valence-corrected chi connectivity index (χ0v) is 17.5. The van der Waals surface area contributed by atoms with Crippen molar-refractivity contribution >= 4 is 0 Å². The van der Waals surface area contributed by atoms with E-state index >= 15 is 0 Å². The van der Waals surface area contributed by atoms with Gasteiger partial charge < -0.3 is 24.6 Å². The number of ether oxygens (including phenoxy) is 3. The summed E-state index contributed by atoms with van der Waals surface area (Å²) in [6.07, 6.45) is -3.81. The van der Waals surface area contributed by atoms with Crippen LogP contribution in [0.2, 0.25) is 0 Å². The van der Waals surface area contributed by atoms with Gasteiger partial charge in [-0.3, -0.25) is 9.88 Å². The number of aromatic nitrogens is 1. The molecule has 2 saturated heterocycles.